The van der Waals surface area contributed by atoms with Crippen molar-refractivity contribution in [2.75, 3.05) is 0 Å². The molecule has 0 saturated carbocycles. The van der Waals surface area contributed by atoms with Crippen molar-refractivity contribution in [3.8, 4) is 49.3 Å². The molecule has 0 spiro atoms. The Morgan fingerprint density at radius 3 is 0.840 bits per heavy atom. The van der Waals surface area contributed by atoms with Crippen LogP contribution >= 0.6 is 90.7 Å². The lowest BCUT2D eigenvalue weighted by Crippen LogP contribution is -2.05. The van der Waals surface area contributed by atoms with Crippen molar-refractivity contribution in [1.82, 2.24) is 19.9 Å². The molecule has 558 valence electrons. The van der Waals surface area contributed by atoms with E-state index in [9.17, 15) is 0 Å². The summed E-state index contributed by atoms with van der Waals surface area (Å²) < 4.78 is 0. The molecule has 0 N–H and O–H groups in total. The van der Waals surface area contributed by atoms with Crippen LogP contribution in [-0.2, 0) is 25.7 Å². The predicted octanol–water partition coefficient (Wildman–Crippen LogP) is 34.2. The van der Waals surface area contributed by atoms with E-state index in [1.807, 2.05) is 90.7 Å². The molecule has 8 aromatic rings. The van der Waals surface area contributed by atoms with Crippen LogP contribution in [0.3, 0.4) is 0 Å². The van der Waals surface area contributed by atoms with Crippen molar-refractivity contribution >= 4 is 110 Å². The minimum Gasteiger partial charge on any atom is -0.222 e. The lowest BCUT2D eigenvalue weighted by Gasteiger charge is -2.17. The number of fused-ring (bicyclic) bond motifs is 2. The van der Waals surface area contributed by atoms with Gasteiger partial charge in [-0.3, -0.25) is 0 Å². The fraction of sp³-hybridized carbons (Fsp3) is 0.727. The zero-order chi connectivity index (χ0) is 69.9. The van der Waals surface area contributed by atoms with Gasteiger partial charge in [0.1, 0.15) is 20.0 Å². The summed E-state index contributed by atoms with van der Waals surface area (Å²) in [5.74, 6) is 1.44. The normalized spacial score (nSPS) is 12.7. The van der Waals surface area contributed by atoms with Gasteiger partial charge in [-0.15, -0.1) is 45.3 Å². The summed E-state index contributed by atoms with van der Waals surface area (Å²) in [5, 5.41) is 9.38. The van der Waals surface area contributed by atoms with Crippen molar-refractivity contribution in [2.45, 2.75) is 401 Å². The fourth-order valence-electron chi connectivity index (χ4n) is 15.4. The molecular formula is C88H138N4S8. The Morgan fingerprint density at radius 1 is 0.250 bits per heavy atom. The van der Waals surface area contributed by atoms with E-state index in [1.54, 1.807) is 0 Å². The molecule has 8 rings (SSSR count). The van der Waals surface area contributed by atoms with E-state index < -0.39 is 0 Å². The second-order valence-electron chi connectivity index (χ2n) is 30.4. The Hall–Kier alpha value is -2.16. The Balaban J connectivity index is 1.06. The van der Waals surface area contributed by atoms with Crippen LogP contribution in [0.2, 0.25) is 0 Å². The third-order valence-electron chi connectivity index (χ3n) is 21.6. The summed E-state index contributed by atoms with van der Waals surface area (Å²) in [6.07, 6.45) is 76.0. The van der Waals surface area contributed by atoms with Gasteiger partial charge in [0.05, 0.1) is 19.5 Å². The Kier molecular flexibility index (Phi) is 42.7. The number of thiazole rings is 4. The molecule has 2 unspecified atom stereocenters. The maximum Gasteiger partial charge on any atom is 0.155 e. The number of hydrogen-bond donors (Lipinski definition) is 0. The number of aryl methyl sites for hydroxylation is 2. The number of unbranched alkanes of at least 4 members (excludes halogenated alkanes) is 42. The van der Waals surface area contributed by atoms with Crippen LogP contribution in [-0.4, -0.2) is 19.9 Å². The molecule has 100 heavy (non-hydrogen) atoms. The van der Waals surface area contributed by atoms with Gasteiger partial charge in [0.15, 0.2) is 19.3 Å². The average Bonchev–Trinajstić information content (AvgIpc) is 1.61. The highest BCUT2D eigenvalue weighted by molar-refractivity contribution is 7.34. The van der Waals surface area contributed by atoms with Crippen molar-refractivity contribution in [3.05, 3.63) is 57.3 Å². The lowest BCUT2D eigenvalue weighted by molar-refractivity contribution is 0.401. The lowest BCUT2D eigenvalue weighted by atomic mass is 9.88. The van der Waals surface area contributed by atoms with Gasteiger partial charge in [-0.2, -0.15) is 0 Å². The highest BCUT2D eigenvalue weighted by Crippen LogP contribution is 2.50. The summed E-state index contributed by atoms with van der Waals surface area (Å²) in [4.78, 5) is 35.1. The fourth-order valence-corrected chi connectivity index (χ4v) is 24.3. The SMILES string of the molecule is CCCCCCCCCCCCc1ccsc1-c1nc2sc(-c3sc(-c4cc(CC(CCCCCCCC)CCCCCCCCCC)c(-c5nc6sc(-c7sccc7CC(CCCCCCCC)CCCCCCCCCC)nc6s5)s4)cc3CCCCCCCCCCCC)nc2s1. The monoisotopic (exact) mass is 1510 g/mol. The summed E-state index contributed by atoms with van der Waals surface area (Å²) in [6, 6.07) is 10.1. The first kappa shape index (κ1) is 83.5. The molecule has 8 heterocycles. The molecule has 12 heteroatoms. The zero-order valence-corrected chi connectivity index (χ0v) is 70.8. The van der Waals surface area contributed by atoms with Crippen LogP contribution in [0.1, 0.15) is 398 Å². The smallest absolute Gasteiger partial charge is 0.155 e. The van der Waals surface area contributed by atoms with Crippen molar-refractivity contribution in [3.63, 3.8) is 0 Å². The van der Waals surface area contributed by atoms with E-state index in [0.717, 1.165) is 44.5 Å². The van der Waals surface area contributed by atoms with Gasteiger partial charge in [-0.05, 0) is 108 Å². The van der Waals surface area contributed by atoms with E-state index in [4.69, 9.17) is 19.9 Å². The summed E-state index contributed by atoms with van der Waals surface area (Å²) >= 11 is 15.3. The van der Waals surface area contributed by atoms with E-state index in [2.05, 4.69) is 76.6 Å². The number of hydrogen-bond acceptors (Lipinski definition) is 12. The molecule has 0 amide bonds. The number of aromatic nitrogens is 4. The summed E-state index contributed by atoms with van der Waals surface area (Å²) in [7, 11) is 0. The maximum absolute atomic E-state index is 5.68. The van der Waals surface area contributed by atoms with Crippen LogP contribution in [0, 0.1) is 11.8 Å². The van der Waals surface area contributed by atoms with Crippen LogP contribution in [0.15, 0.2) is 35.0 Å². The summed E-state index contributed by atoms with van der Waals surface area (Å²) in [6.45, 7) is 14.0. The number of thiophene rings is 4. The predicted molar refractivity (Wildman–Crippen MR) is 459 cm³/mol. The molecule has 0 saturated heterocycles. The minimum atomic E-state index is 0.687. The summed E-state index contributed by atoms with van der Waals surface area (Å²) in [5.41, 5.74) is 6.04. The maximum atomic E-state index is 5.68. The molecule has 0 aromatic carbocycles. The molecule has 0 aliphatic rings. The van der Waals surface area contributed by atoms with Crippen LogP contribution in [0.25, 0.3) is 68.6 Å². The molecule has 8 aromatic heterocycles. The molecular weight excluding hydrogens is 1370 g/mol. The van der Waals surface area contributed by atoms with Crippen LogP contribution < -0.4 is 0 Å². The van der Waals surface area contributed by atoms with Crippen molar-refractivity contribution in [1.29, 1.82) is 0 Å². The number of nitrogens with zero attached hydrogens (tertiary/aromatic N) is 4. The van der Waals surface area contributed by atoms with Gasteiger partial charge < -0.3 is 0 Å². The molecule has 0 bridgehead atoms. The Labute approximate surface area is 643 Å². The highest BCUT2D eigenvalue weighted by Gasteiger charge is 2.26. The topological polar surface area (TPSA) is 51.6 Å². The van der Waals surface area contributed by atoms with Gasteiger partial charge in [0.2, 0.25) is 0 Å². The second kappa shape index (κ2) is 51.2. The quantitative estimate of drug-likeness (QED) is 0.0357. The van der Waals surface area contributed by atoms with E-state index in [1.165, 1.54) is 412 Å². The van der Waals surface area contributed by atoms with Crippen LogP contribution in [0.4, 0.5) is 0 Å². The minimum absolute atomic E-state index is 0.687. The number of rotatable bonds is 63. The van der Waals surface area contributed by atoms with Crippen molar-refractivity contribution in [2.24, 2.45) is 11.8 Å². The van der Waals surface area contributed by atoms with Crippen molar-refractivity contribution < 1.29 is 0 Å². The van der Waals surface area contributed by atoms with Gasteiger partial charge in [0.25, 0.3) is 0 Å². The molecule has 0 aliphatic heterocycles. The van der Waals surface area contributed by atoms with Gasteiger partial charge in [-0.25, -0.2) is 19.9 Å². The first-order chi connectivity index (χ1) is 49.4. The molecule has 2 atom stereocenters. The molecule has 4 nitrogen and oxygen atoms in total. The Morgan fingerprint density at radius 2 is 0.500 bits per heavy atom. The first-order valence-corrected chi connectivity index (χ1v) is 49.0. The van der Waals surface area contributed by atoms with E-state index in [0.29, 0.717) is 5.92 Å². The standard InChI is InChI=1S/C88H138N4S8/c1-7-13-19-25-31-35-37-41-47-53-59-71-61-63-93-77(71)81-89-85-87(97-81)91-83(99-85)79-72(60-54-48-42-38-36-32-26-20-14-8-2)67-75(95-79)76-68-74(66-70(57-50-44-30-24-18-12-6)58-52-46-40-34-28-22-16-10-4)80(96-76)84-92-88-86(100-84)90-82(98-88)78-73(62-64-94-78)65-69(55-49-43-29-23-17-11-5)56-51-45-39-33-27-21-15-9-3/h61-64,67-70H,7-60,65-66H2,1-6H3. The molecule has 0 aliphatic carbocycles. The third kappa shape index (κ3) is 29.9. The highest BCUT2D eigenvalue weighted by atomic mass is 32.1. The van der Waals surface area contributed by atoms with Crippen LogP contribution in [0.5, 0.6) is 0 Å². The largest absolute Gasteiger partial charge is 0.222 e. The average molecular weight is 1510 g/mol. The zero-order valence-electron chi connectivity index (χ0n) is 64.3. The van der Waals surface area contributed by atoms with Gasteiger partial charge >= 0.3 is 0 Å². The molecule has 0 fully saturated rings. The van der Waals surface area contributed by atoms with E-state index in [-0.39, 0.29) is 0 Å². The Bertz CT molecular complexity index is 3250. The second-order valence-corrected chi connectivity index (χ2v) is 38.3. The third-order valence-corrected chi connectivity index (χ3v) is 30.7. The van der Waals surface area contributed by atoms with Gasteiger partial charge in [-0.1, -0.05) is 408 Å². The first-order valence-electron chi connectivity index (χ1n) is 42.4. The molecule has 0 radical (unpaired) electrons. The van der Waals surface area contributed by atoms with Gasteiger partial charge in [0, 0.05) is 9.75 Å². The van der Waals surface area contributed by atoms with E-state index >= 15 is 0 Å².